The van der Waals surface area contributed by atoms with Crippen molar-refractivity contribution >= 4 is 27.7 Å². The largest absolute Gasteiger partial charge is 0.315 e. The van der Waals surface area contributed by atoms with Crippen molar-refractivity contribution < 1.29 is 0 Å². The standard InChI is InChI=1S/C12H16BrNS/c1-9-6-11(13)3-2-10(9)7-12-8-14-4-5-15-12/h2-3,6,12,14H,4-5,7-8H2,1H3. The third-order valence-corrected chi connectivity index (χ3v) is 4.49. The second-order valence-electron chi connectivity index (χ2n) is 3.97. The zero-order chi connectivity index (χ0) is 10.7. The van der Waals surface area contributed by atoms with Crippen molar-refractivity contribution in [3.8, 4) is 0 Å². The molecule has 1 aliphatic rings. The second-order valence-corrected chi connectivity index (χ2v) is 6.30. The predicted octanol–water partition coefficient (Wildman–Crippen LogP) is 3.01. The number of aryl methyl sites for hydroxylation is 1. The third-order valence-electron chi connectivity index (χ3n) is 2.76. The van der Waals surface area contributed by atoms with Crippen molar-refractivity contribution in [2.45, 2.75) is 18.6 Å². The molecule has 1 atom stereocenters. The highest BCUT2D eigenvalue weighted by molar-refractivity contribution is 9.10. The molecule has 1 unspecified atom stereocenters. The van der Waals surface area contributed by atoms with E-state index >= 15 is 0 Å². The number of nitrogens with one attached hydrogen (secondary N) is 1. The molecule has 1 saturated heterocycles. The first kappa shape index (κ1) is 11.5. The van der Waals surface area contributed by atoms with E-state index in [9.17, 15) is 0 Å². The van der Waals surface area contributed by atoms with Gasteiger partial charge in [-0.25, -0.2) is 0 Å². The molecule has 1 aromatic rings. The van der Waals surface area contributed by atoms with Crippen molar-refractivity contribution in [1.82, 2.24) is 5.32 Å². The fourth-order valence-corrected chi connectivity index (χ4v) is 3.49. The molecule has 1 fully saturated rings. The minimum absolute atomic E-state index is 0.749. The number of halogens is 1. The molecule has 2 rings (SSSR count). The Morgan fingerprint density at radius 1 is 1.53 bits per heavy atom. The number of hydrogen-bond donors (Lipinski definition) is 1. The molecule has 1 aliphatic heterocycles. The van der Waals surface area contributed by atoms with Gasteiger partial charge in [0.1, 0.15) is 0 Å². The van der Waals surface area contributed by atoms with E-state index in [0.717, 1.165) is 11.8 Å². The van der Waals surface area contributed by atoms with E-state index in [1.165, 1.54) is 34.3 Å². The molecular weight excluding hydrogens is 270 g/mol. The molecule has 0 aromatic heterocycles. The zero-order valence-electron chi connectivity index (χ0n) is 8.92. The first-order valence-electron chi connectivity index (χ1n) is 5.33. The van der Waals surface area contributed by atoms with E-state index in [1.807, 2.05) is 0 Å². The van der Waals surface area contributed by atoms with Crippen LogP contribution in [0, 0.1) is 6.92 Å². The lowest BCUT2D eigenvalue weighted by molar-refractivity contribution is 0.665. The summed E-state index contributed by atoms with van der Waals surface area (Å²) in [4.78, 5) is 0. The summed E-state index contributed by atoms with van der Waals surface area (Å²) in [5.74, 6) is 1.25. The molecule has 3 heteroatoms. The Balaban J connectivity index is 2.03. The zero-order valence-corrected chi connectivity index (χ0v) is 11.3. The fourth-order valence-electron chi connectivity index (χ4n) is 1.88. The third kappa shape index (κ3) is 3.23. The summed E-state index contributed by atoms with van der Waals surface area (Å²) in [6.07, 6.45) is 1.19. The number of benzene rings is 1. The van der Waals surface area contributed by atoms with Crippen LogP contribution in [0.3, 0.4) is 0 Å². The molecule has 1 nitrogen and oxygen atoms in total. The average molecular weight is 286 g/mol. The van der Waals surface area contributed by atoms with E-state index in [0.29, 0.717) is 0 Å². The Morgan fingerprint density at radius 2 is 2.40 bits per heavy atom. The van der Waals surface area contributed by atoms with Crippen LogP contribution in [0.15, 0.2) is 22.7 Å². The summed E-state index contributed by atoms with van der Waals surface area (Å²) in [5.41, 5.74) is 2.88. The monoisotopic (exact) mass is 285 g/mol. The van der Waals surface area contributed by atoms with Gasteiger partial charge in [0.05, 0.1) is 0 Å². The van der Waals surface area contributed by atoms with Crippen molar-refractivity contribution in [2.24, 2.45) is 0 Å². The Bertz CT molecular complexity index is 334. The Labute approximate surface area is 104 Å². The first-order chi connectivity index (χ1) is 7.25. The summed E-state index contributed by atoms with van der Waals surface area (Å²) in [6.45, 7) is 4.52. The van der Waals surface area contributed by atoms with Gasteiger partial charge in [-0.15, -0.1) is 0 Å². The van der Waals surface area contributed by atoms with Crippen molar-refractivity contribution in [3.05, 3.63) is 33.8 Å². The average Bonchev–Trinajstić information content (AvgIpc) is 2.24. The van der Waals surface area contributed by atoms with Gasteiger partial charge in [-0.2, -0.15) is 11.8 Å². The molecule has 0 amide bonds. The molecule has 15 heavy (non-hydrogen) atoms. The number of hydrogen-bond acceptors (Lipinski definition) is 2. The van der Waals surface area contributed by atoms with Gasteiger partial charge in [-0.3, -0.25) is 0 Å². The molecule has 0 bridgehead atoms. The lowest BCUT2D eigenvalue weighted by atomic mass is 10.0. The molecule has 1 N–H and O–H groups in total. The van der Waals surface area contributed by atoms with Gasteiger partial charge in [0.25, 0.3) is 0 Å². The van der Waals surface area contributed by atoms with Crippen molar-refractivity contribution in [1.29, 1.82) is 0 Å². The van der Waals surface area contributed by atoms with Crippen LogP contribution in [-0.2, 0) is 6.42 Å². The second kappa shape index (κ2) is 5.37. The van der Waals surface area contributed by atoms with Crippen LogP contribution in [0.25, 0.3) is 0 Å². The molecule has 1 aromatic carbocycles. The fraction of sp³-hybridized carbons (Fsp3) is 0.500. The summed E-state index contributed by atoms with van der Waals surface area (Å²) >= 11 is 5.60. The van der Waals surface area contributed by atoms with E-state index < -0.39 is 0 Å². The highest BCUT2D eigenvalue weighted by Crippen LogP contribution is 2.22. The molecule has 1 heterocycles. The summed E-state index contributed by atoms with van der Waals surface area (Å²) in [5, 5.41) is 4.20. The Hall–Kier alpha value is 0.01000. The maximum Gasteiger partial charge on any atom is 0.0213 e. The smallest absolute Gasteiger partial charge is 0.0213 e. The minimum atomic E-state index is 0.749. The number of thioether (sulfide) groups is 1. The Morgan fingerprint density at radius 3 is 3.07 bits per heavy atom. The maximum absolute atomic E-state index is 3.50. The molecule has 0 spiro atoms. The maximum atomic E-state index is 3.50. The highest BCUT2D eigenvalue weighted by Gasteiger charge is 2.14. The topological polar surface area (TPSA) is 12.0 Å². The molecule has 82 valence electrons. The van der Waals surface area contributed by atoms with Gasteiger partial charge in [0.2, 0.25) is 0 Å². The van der Waals surface area contributed by atoms with E-state index in [4.69, 9.17) is 0 Å². The minimum Gasteiger partial charge on any atom is -0.315 e. The van der Waals surface area contributed by atoms with Gasteiger partial charge >= 0.3 is 0 Å². The van der Waals surface area contributed by atoms with E-state index in [1.54, 1.807) is 0 Å². The van der Waals surface area contributed by atoms with Crippen LogP contribution < -0.4 is 5.32 Å². The van der Waals surface area contributed by atoms with Gasteiger partial charge < -0.3 is 5.32 Å². The summed E-state index contributed by atoms with van der Waals surface area (Å²) in [6, 6.07) is 6.59. The quantitative estimate of drug-likeness (QED) is 0.897. The lowest BCUT2D eigenvalue weighted by Crippen LogP contribution is -2.33. The van der Waals surface area contributed by atoms with Crippen molar-refractivity contribution in [3.63, 3.8) is 0 Å². The van der Waals surface area contributed by atoms with Crippen LogP contribution in [0.4, 0.5) is 0 Å². The SMILES string of the molecule is Cc1cc(Br)ccc1CC1CNCCS1. The first-order valence-corrected chi connectivity index (χ1v) is 7.17. The highest BCUT2D eigenvalue weighted by atomic mass is 79.9. The molecule has 0 aliphatic carbocycles. The van der Waals surface area contributed by atoms with E-state index in [2.05, 4.69) is 58.1 Å². The molecule has 0 saturated carbocycles. The van der Waals surface area contributed by atoms with Gasteiger partial charge in [-0.1, -0.05) is 22.0 Å². The van der Waals surface area contributed by atoms with Gasteiger partial charge in [-0.05, 0) is 36.6 Å². The van der Waals surface area contributed by atoms with E-state index in [-0.39, 0.29) is 0 Å². The van der Waals surface area contributed by atoms with Gasteiger partial charge in [0, 0.05) is 28.6 Å². The summed E-state index contributed by atoms with van der Waals surface area (Å²) in [7, 11) is 0. The predicted molar refractivity (Wildman–Crippen MR) is 71.7 cm³/mol. The number of rotatable bonds is 2. The van der Waals surface area contributed by atoms with Crippen LogP contribution >= 0.6 is 27.7 Å². The lowest BCUT2D eigenvalue weighted by Gasteiger charge is -2.23. The van der Waals surface area contributed by atoms with Crippen LogP contribution in [0.5, 0.6) is 0 Å². The van der Waals surface area contributed by atoms with Gasteiger partial charge in [0.15, 0.2) is 0 Å². The van der Waals surface area contributed by atoms with Crippen LogP contribution in [0.2, 0.25) is 0 Å². The van der Waals surface area contributed by atoms with Crippen molar-refractivity contribution in [2.75, 3.05) is 18.8 Å². The summed E-state index contributed by atoms with van der Waals surface area (Å²) < 4.78 is 1.18. The molecule has 0 radical (unpaired) electrons. The molecular formula is C12H16BrNS. The van der Waals surface area contributed by atoms with Crippen LogP contribution in [0.1, 0.15) is 11.1 Å². The normalized spacial score (nSPS) is 21.6. The van der Waals surface area contributed by atoms with Crippen LogP contribution in [-0.4, -0.2) is 24.1 Å². The Kier molecular flexibility index (Phi) is 4.12.